The van der Waals surface area contributed by atoms with Gasteiger partial charge >= 0.3 is 0 Å². The maximum Gasteiger partial charge on any atom is 0.255 e. The molecule has 6 aliphatic rings. The zero-order chi connectivity index (χ0) is 26.2. The predicted molar refractivity (Wildman–Crippen MR) is 141 cm³/mol. The Morgan fingerprint density at radius 2 is 1.92 bits per heavy atom. The number of halogens is 2. The normalized spacial score (nSPS) is 30.4. The van der Waals surface area contributed by atoms with Gasteiger partial charge in [-0.05, 0) is 75.4 Å². The second-order valence-corrected chi connectivity index (χ2v) is 11.0. The Bertz CT molecular complexity index is 1140. The van der Waals surface area contributed by atoms with Gasteiger partial charge in [-0.15, -0.1) is 0 Å². The molecular weight excluding hydrogens is 497 g/mol. The Labute approximate surface area is 222 Å². The Morgan fingerprint density at radius 1 is 1.19 bits per heavy atom. The van der Waals surface area contributed by atoms with Gasteiger partial charge in [-0.2, -0.15) is 0 Å². The number of anilines is 1. The minimum atomic E-state index is -0.384. The van der Waals surface area contributed by atoms with E-state index in [4.69, 9.17) is 31.5 Å². The van der Waals surface area contributed by atoms with Crippen LogP contribution in [-0.2, 0) is 4.74 Å². The van der Waals surface area contributed by atoms with Crippen LogP contribution in [0.4, 0.5) is 10.1 Å². The standard InChI is InChI=1S/C28H35ClFN3O4/c1-35-24-16-23(31)22(29)15-20(24)26(34)32-28-10-8-27(9-11-28,33-13-7-21(28)25(17-33)36-2)12-14-37-19-5-3-18(30)4-6-19/h3-6,15-16,21,25H,7-14,17,31H2,1-2H3,(H,32,34). The van der Waals surface area contributed by atoms with Crippen LogP contribution in [0.1, 0.15) is 48.9 Å². The van der Waals surface area contributed by atoms with E-state index in [2.05, 4.69) is 10.2 Å². The number of ether oxygens (including phenoxy) is 3. The lowest BCUT2D eigenvalue weighted by Gasteiger charge is -2.62. The van der Waals surface area contributed by atoms with Crippen LogP contribution in [0.25, 0.3) is 0 Å². The van der Waals surface area contributed by atoms with Crippen molar-refractivity contribution in [3.63, 3.8) is 0 Å². The number of benzene rings is 2. The van der Waals surface area contributed by atoms with E-state index in [1.807, 2.05) is 0 Å². The summed E-state index contributed by atoms with van der Waals surface area (Å²) < 4.78 is 30.7. The van der Waals surface area contributed by atoms with Gasteiger partial charge in [-0.3, -0.25) is 9.69 Å². The molecule has 8 rings (SSSR count). The molecule has 3 atom stereocenters. The van der Waals surface area contributed by atoms with Crippen LogP contribution in [-0.4, -0.2) is 61.9 Å². The molecule has 3 unspecified atom stereocenters. The maximum atomic E-state index is 13.6. The van der Waals surface area contributed by atoms with Crippen LogP contribution in [0.15, 0.2) is 36.4 Å². The highest BCUT2D eigenvalue weighted by atomic mass is 35.5. The largest absolute Gasteiger partial charge is 0.496 e. The molecule has 2 aromatic rings. The summed E-state index contributed by atoms with van der Waals surface area (Å²) in [6.45, 7) is 2.33. The summed E-state index contributed by atoms with van der Waals surface area (Å²) in [7, 11) is 3.28. The number of amides is 1. The predicted octanol–water partition coefficient (Wildman–Crippen LogP) is 4.67. The number of carbonyl (C=O) groups is 1. The number of nitrogens with one attached hydrogen (secondary N) is 1. The van der Waals surface area contributed by atoms with Crippen LogP contribution >= 0.6 is 11.6 Å². The van der Waals surface area contributed by atoms with Gasteiger partial charge in [0.1, 0.15) is 17.3 Å². The molecule has 1 aliphatic carbocycles. The fourth-order valence-electron chi connectivity index (χ4n) is 6.79. The van der Waals surface area contributed by atoms with Crippen LogP contribution < -0.4 is 20.5 Å². The van der Waals surface area contributed by atoms with Crippen LogP contribution in [0.2, 0.25) is 5.02 Å². The molecule has 4 bridgehead atoms. The zero-order valence-corrected chi connectivity index (χ0v) is 22.2. The first kappa shape index (κ1) is 26.1. The van der Waals surface area contributed by atoms with Gasteiger partial charge in [0.2, 0.25) is 0 Å². The summed E-state index contributed by atoms with van der Waals surface area (Å²) in [5.74, 6) is 0.808. The summed E-state index contributed by atoms with van der Waals surface area (Å²) in [5.41, 5.74) is 6.28. The molecule has 5 aliphatic heterocycles. The van der Waals surface area contributed by atoms with Crippen molar-refractivity contribution in [2.75, 3.05) is 39.6 Å². The number of rotatable bonds is 8. The second-order valence-electron chi connectivity index (χ2n) is 10.6. The number of carbonyl (C=O) groups excluding carboxylic acids is 1. The first-order chi connectivity index (χ1) is 17.8. The highest BCUT2D eigenvalue weighted by Gasteiger charge is 2.57. The fourth-order valence-corrected chi connectivity index (χ4v) is 6.95. The SMILES string of the molecule is COc1cc(N)c(Cl)cc1C(=O)NC12CCC(CCOc3ccc(F)cc3)(CC1)N1CCC2C(OC)C1. The number of nitrogen functional groups attached to an aromatic ring is 1. The molecule has 9 heteroatoms. The zero-order valence-electron chi connectivity index (χ0n) is 21.4. The highest BCUT2D eigenvalue weighted by Crippen LogP contribution is 2.51. The molecule has 0 spiro atoms. The summed E-state index contributed by atoms with van der Waals surface area (Å²) >= 11 is 6.26. The van der Waals surface area contributed by atoms with Crippen molar-refractivity contribution < 1.29 is 23.4 Å². The van der Waals surface area contributed by atoms with E-state index in [0.717, 1.165) is 51.6 Å². The second kappa shape index (κ2) is 10.3. The van der Waals surface area contributed by atoms with E-state index in [1.165, 1.54) is 19.2 Å². The van der Waals surface area contributed by atoms with Crippen molar-refractivity contribution in [3.8, 4) is 11.5 Å². The average Bonchev–Trinajstić information content (AvgIpc) is 2.90. The van der Waals surface area contributed by atoms with Crippen molar-refractivity contribution in [1.82, 2.24) is 10.2 Å². The molecule has 5 saturated heterocycles. The van der Waals surface area contributed by atoms with Gasteiger partial charge in [0.15, 0.2) is 0 Å². The van der Waals surface area contributed by atoms with Crippen molar-refractivity contribution >= 4 is 23.2 Å². The molecule has 1 saturated carbocycles. The first-order valence-electron chi connectivity index (χ1n) is 12.9. The third kappa shape index (κ3) is 4.87. The molecule has 0 aromatic heterocycles. The number of nitrogens with two attached hydrogens (primary N) is 1. The Hall–Kier alpha value is -2.55. The van der Waals surface area contributed by atoms with E-state index in [0.29, 0.717) is 34.4 Å². The lowest BCUT2D eigenvalue weighted by Crippen LogP contribution is -2.71. The summed E-state index contributed by atoms with van der Waals surface area (Å²) in [4.78, 5) is 16.2. The first-order valence-corrected chi connectivity index (χ1v) is 13.3. The van der Waals surface area contributed by atoms with Crippen molar-refractivity contribution in [2.45, 2.75) is 55.7 Å². The number of hydrogen-bond donors (Lipinski definition) is 2. The van der Waals surface area contributed by atoms with Crippen LogP contribution in [0.5, 0.6) is 11.5 Å². The lowest BCUT2D eigenvalue weighted by molar-refractivity contribution is -0.135. The van der Waals surface area contributed by atoms with E-state index in [1.54, 1.807) is 31.4 Å². The lowest BCUT2D eigenvalue weighted by atomic mass is 9.59. The van der Waals surface area contributed by atoms with E-state index < -0.39 is 0 Å². The van der Waals surface area contributed by atoms with Gasteiger partial charge in [0.25, 0.3) is 5.91 Å². The average molecular weight is 532 g/mol. The van der Waals surface area contributed by atoms with Crippen LogP contribution in [0, 0.1) is 11.7 Å². The van der Waals surface area contributed by atoms with Gasteiger partial charge in [-0.1, -0.05) is 11.6 Å². The van der Waals surface area contributed by atoms with Gasteiger partial charge in [-0.25, -0.2) is 4.39 Å². The molecule has 7 nitrogen and oxygen atoms in total. The summed E-state index contributed by atoms with van der Waals surface area (Å²) in [5, 5.41) is 3.76. The molecule has 1 amide bonds. The van der Waals surface area contributed by atoms with Crippen molar-refractivity contribution in [3.05, 3.63) is 52.8 Å². The van der Waals surface area contributed by atoms with Gasteiger partial charge < -0.3 is 25.3 Å². The molecular formula is C28H35ClFN3O4. The topological polar surface area (TPSA) is 86.0 Å². The molecule has 200 valence electrons. The van der Waals surface area contributed by atoms with Crippen molar-refractivity contribution in [1.29, 1.82) is 0 Å². The summed E-state index contributed by atoms with van der Waals surface area (Å²) in [6.07, 6.45) is 5.42. The third-order valence-electron chi connectivity index (χ3n) is 8.89. The Kier molecular flexibility index (Phi) is 7.27. The quantitative estimate of drug-likeness (QED) is 0.481. The molecule has 6 fully saturated rings. The van der Waals surface area contributed by atoms with Gasteiger partial charge in [0, 0.05) is 36.7 Å². The monoisotopic (exact) mass is 531 g/mol. The minimum absolute atomic E-state index is 0.0175. The van der Waals surface area contributed by atoms with Gasteiger partial charge in [0.05, 0.1) is 36.1 Å². The Balaban J connectivity index is 1.37. The highest BCUT2D eigenvalue weighted by molar-refractivity contribution is 6.33. The molecule has 5 heterocycles. The molecule has 37 heavy (non-hydrogen) atoms. The molecule has 3 N–H and O–H groups in total. The van der Waals surface area contributed by atoms with E-state index in [9.17, 15) is 9.18 Å². The third-order valence-corrected chi connectivity index (χ3v) is 9.22. The fraction of sp³-hybridized carbons (Fsp3) is 0.536. The van der Waals surface area contributed by atoms with E-state index >= 15 is 0 Å². The molecule has 2 aromatic carbocycles. The van der Waals surface area contributed by atoms with Crippen molar-refractivity contribution in [2.24, 2.45) is 5.92 Å². The smallest absolute Gasteiger partial charge is 0.255 e. The number of hydrogen-bond acceptors (Lipinski definition) is 6. The summed E-state index contributed by atoms with van der Waals surface area (Å²) in [6, 6.07) is 9.33. The Morgan fingerprint density at radius 3 is 2.59 bits per heavy atom. The minimum Gasteiger partial charge on any atom is -0.496 e. The maximum absolute atomic E-state index is 13.6. The molecule has 0 radical (unpaired) electrons. The van der Waals surface area contributed by atoms with Crippen LogP contribution in [0.3, 0.4) is 0 Å². The number of methoxy groups -OCH3 is 2. The van der Waals surface area contributed by atoms with E-state index in [-0.39, 0.29) is 34.8 Å². The number of piperidine rings is 1. The number of nitrogens with zero attached hydrogens (tertiary/aromatic N) is 1.